The van der Waals surface area contributed by atoms with E-state index in [4.69, 9.17) is 4.74 Å². The van der Waals surface area contributed by atoms with Crippen molar-refractivity contribution in [3.8, 4) is 11.5 Å². The molecule has 0 atom stereocenters. The first-order valence-electron chi connectivity index (χ1n) is 5.23. The predicted molar refractivity (Wildman–Crippen MR) is 56.2 cm³/mol. The maximum absolute atomic E-state index is 10.9. The van der Waals surface area contributed by atoms with E-state index in [9.17, 15) is 5.11 Å². The smallest absolute Gasteiger partial charge is 0.182 e. The fourth-order valence-corrected chi connectivity index (χ4v) is 1.28. The standard InChI is InChI=1S/C12H17O2/c1-2-3-4-5-9-14-12-8-6-7-11(13)10-12/h6-8,10H,2-5,9H2,1H3. The Morgan fingerprint density at radius 1 is 1.21 bits per heavy atom. The van der Waals surface area contributed by atoms with E-state index in [2.05, 4.69) is 6.92 Å². The van der Waals surface area contributed by atoms with Gasteiger partial charge in [0.05, 0.1) is 6.61 Å². The molecule has 0 saturated carbocycles. The maximum Gasteiger partial charge on any atom is 0.182 e. The van der Waals surface area contributed by atoms with E-state index in [1.165, 1.54) is 31.4 Å². The van der Waals surface area contributed by atoms with E-state index < -0.39 is 0 Å². The molecule has 0 unspecified atom stereocenters. The predicted octanol–water partition coefficient (Wildman–Crippen LogP) is 3.79. The highest BCUT2D eigenvalue weighted by molar-refractivity contribution is 5.31. The van der Waals surface area contributed by atoms with Crippen LogP contribution in [0.15, 0.2) is 24.3 Å². The minimum atomic E-state index is 0.0102. The molecule has 0 aliphatic heterocycles. The van der Waals surface area contributed by atoms with Crippen molar-refractivity contribution in [2.24, 2.45) is 0 Å². The molecule has 14 heavy (non-hydrogen) atoms. The molecule has 77 valence electrons. The largest absolute Gasteiger partial charge is 0.493 e. The minimum Gasteiger partial charge on any atom is -0.493 e. The van der Waals surface area contributed by atoms with Crippen molar-refractivity contribution in [3.05, 3.63) is 24.3 Å². The number of benzene rings is 1. The number of rotatable bonds is 6. The molecule has 0 N–H and O–H groups in total. The monoisotopic (exact) mass is 193 g/mol. The van der Waals surface area contributed by atoms with Gasteiger partial charge in [-0.3, -0.25) is 5.11 Å². The van der Waals surface area contributed by atoms with E-state index in [1.54, 1.807) is 6.07 Å². The molecule has 0 spiro atoms. The molecule has 0 heterocycles. The summed E-state index contributed by atoms with van der Waals surface area (Å²) < 4.78 is 5.43. The number of hydrogen-bond donors (Lipinski definition) is 0. The van der Waals surface area contributed by atoms with Gasteiger partial charge in [0.1, 0.15) is 5.75 Å². The second-order valence-electron chi connectivity index (χ2n) is 3.38. The van der Waals surface area contributed by atoms with E-state index >= 15 is 0 Å². The third kappa shape index (κ3) is 4.17. The Morgan fingerprint density at radius 3 is 2.79 bits per heavy atom. The number of unbranched alkanes of at least 4 members (excludes halogenated alkanes) is 3. The molecule has 0 saturated heterocycles. The minimum absolute atomic E-state index is 0.0102. The highest BCUT2D eigenvalue weighted by atomic mass is 16.5. The molecule has 1 aromatic carbocycles. The lowest BCUT2D eigenvalue weighted by Crippen LogP contribution is -1.96. The highest BCUT2D eigenvalue weighted by Gasteiger charge is 1.95. The summed E-state index contributed by atoms with van der Waals surface area (Å²) in [6.07, 6.45) is 4.76. The summed E-state index contributed by atoms with van der Waals surface area (Å²) in [5.74, 6) is 0.699. The van der Waals surface area contributed by atoms with Crippen LogP contribution in [-0.4, -0.2) is 6.61 Å². The number of hydrogen-bond acceptors (Lipinski definition) is 1. The highest BCUT2D eigenvalue weighted by Crippen LogP contribution is 2.18. The Labute approximate surface area is 85.5 Å². The van der Waals surface area contributed by atoms with Gasteiger partial charge in [-0.15, -0.1) is 0 Å². The van der Waals surface area contributed by atoms with Crippen LogP contribution in [0.4, 0.5) is 0 Å². The second-order valence-corrected chi connectivity index (χ2v) is 3.38. The van der Waals surface area contributed by atoms with Gasteiger partial charge >= 0.3 is 0 Å². The van der Waals surface area contributed by atoms with Gasteiger partial charge in [-0.2, -0.15) is 0 Å². The summed E-state index contributed by atoms with van der Waals surface area (Å²) in [5.41, 5.74) is 0. The van der Waals surface area contributed by atoms with E-state index in [0.29, 0.717) is 12.4 Å². The van der Waals surface area contributed by atoms with Crippen LogP contribution in [0.1, 0.15) is 32.6 Å². The summed E-state index contributed by atoms with van der Waals surface area (Å²) in [5, 5.41) is 10.9. The van der Waals surface area contributed by atoms with Crippen LogP contribution in [-0.2, 0) is 5.11 Å². The van der Waals surface area contributed by atoms with E-state index in [0.717, 1.165) is 6.42 Å². The van der Waals surface area contributed by atoms with Crippen LogP contribution < -0.4 is 4.74 Å². The molecule has 1 rings (SSSR count). The zero-order valence-corrected chi connectivity index (χ0v) is 8.66. The van der Waals surface area contributed by atoms with Crippen molar-refractivity contribution >= 4 is 0 Å². The van der Waals surface area contributed by atoms with E-state index in [-0.39, 0.29) is 5.75 Å². The average molecular weight is 193 g/mol. The Kier molecular flexibility index (Phi) is 4.90. The molecule has 0 bridgehead atoms. The molecule has 0 aromatic heterocycles. The van der Waals surface area contributed by atoms with Crippen LogP contribution in [0.3, 0.4) is 0 Å². The lowest BCUT2D eigenvalue weighted by atomic mass is 10.2. The first-order chi connectivity index (χ1) is 6.83. The Bertz CT molecular complexity index is 258. The average Bonchev–Trinajstić information content (AvgIpc) is 2.18. The van der Waals surface area contributed by atoms with Crippen LogP contribution in [0, 0.1) is 0 Å². The van der Waals surface area contributed by atoms with Crippen molar-refractivity contribution in [1.82, 2.24) is 0 Å². The van der Waals surface area contributed by atoms with Gasteiger partial charge in [-0.1, -0.05) is 32.3 Å². The second kappa shape index (κ2) is 6.30. The van der Waals surface area contributed by atoms with Gasteiger partial charge in [-0.25, -0.2) is 0 Å². The van der Waals surface area contributed by atoms with Crippen LogP contribution >= 0.6 is 0 Å². The molecule has 0 amide bonds. The maximum atomic E-state index is 10.9. The Hall–Kier alpha value is -1.18. The molecule has 0 fully saturated rings. The summed E-state index contributed by atoms with van der Waals surface area (Å²) >= 11 is 0. The SMILES string of the molecule is CCCCCCOc1cccc([O])c1. The van der Waals surface area contributed by atoms with E-state index in [1.807, 2.05) is 6.07 Å². The van der Waals surface area contributed by atoms with Crippen molar-refractivity contribution in [2.75, 3.05) is 6.61 Å². The first-order valence-corrected chi connectivity index (χ1v) is 5.23. The molecule has 0 aliphatic carbocycles. The van der Waals surface area contributed by atoms with Gasteiger partial charge in [0, 0.05) is 6.07 Å². The third-order valence-corrected chi connectivity index (χ3v) is 2.07. The van der Waals surface area contributed by atoms with Crippen LogP contribution in [0.25, 0.3) is 0 Å². The van der Waals surface area contributed by atoms with Gasteiger partial charge in [0.15, 0.2) is 5.75 Å². The molecular formula is C12H17O2. The Balaban J connectivity index is 2.18. The van der Waals surface area contributed by atoms with Crippen molar-refractivity contribution in [1.29, 1.82) is 0 Å². The lowest BCUT2D eigenvalue weighted by Gasteiger charge is -2.05. The Morgan fingerprint density at radius 2 is 2.07 bits per heavy atom. The molecule has 2 heteroatoms. The first kappa shape index (κ1) is 10.9. The van der Waals surface area contributed by atoms with Crippen LogP contribution in [0.5, 0.6) is 11.5 Å². The normalized spacial score (nSPS) is 10.1. The topological polar surface area (TPSA) is 29.1 Å². The zero-order chi connectivity index (χ0) is 10.2. The summed E-state index contributed by atoms with van der Waals surface area (Å²) in [4.78, 5) is 0. The third-order valence-electron chi connectivity index (χ3n) is 2.07. The zero-order valence-electron chi connectivity index (χ0n) is 8.66. The van der Waals surface area contributed by atoms with Gasteiger partial charge in [0.25, 0.3) is 0 Å². The quantitative estimate of drug-likeness (QED) is 0.632. The molecule has 0 aliphatic rings. The van der Waals surface area contributed by atoms with Crippen molar-refractivity contribution in [2.45, 2.75) is 32.6 Å². The van der Waals surface area contributed by atoms with Crippen LogP contribution in [0.2, 0.25) is 0 Å². The summed E-state index contributed by atoms with van der Waals surface area (Å²) in [6, 6.07) is 6.61. The molecule has 1 aromatic rings. The van der Waals surface area contributed by atoms with Gasteiger partial charge in [-0.05, 0) is 18.6 Å². The van der Waals surface area contributed by atoms with Gasteiger partial charge < -0.3 is 4.74 Å². The lowest BCUT2D eigenvalue weighted by molar-refractivity contribution is 0.299. The van der Waals surface area contributed by atoms with Gasteiger partial charge in [0.2, 0.25) is 0 Å². The molecule has 1 radical (unpaired) electrons. The fraction of sp³-hybridized carbons (Fsp3) is 0.500. The van der Waals surface area contributed by atoms with Crippen molar-refractivity contribution < 1.29 is 9.84 Å². The molecular weight excluding hydrogens is 176 g/mol. The number of ether oxygens (including phenoxy) is 1. The summed E-state index contributed by atoms with van der Waals surface area (Å²) in [7, 11) is 0. The van der Waals surface area contributed by atoms with Crippen molar-refractivity contribution in [3.63, 3.8) is 0 Å². The fourth-order valence-electron chi connectivity index (χ4n) is 1.28. The summed E-state index contributed by atoms with van der Waals surface area (Å²) in [6.45, 7) is 2.89. The molecule has 2 nitrogen and oxygen atoms in total.